The molecule has 2 aromatic heterocycles. The highest BCUT2D eigenvalue weighted by Gasteiger charge is 2.20. The van der Waals surface area contributed by atoms with Crippen molar-refractivity contribution in [1.29, 1.82) is 0 Å². The van der Waals surface area contributed by atoms with Gasteiger partial charge in [-0.05, 0) is 44.2 Å². The van der Waals surface area contributed by atoms with Gasteiger partial charge in [-0.3, -0.25) is 0 Å². The van der Waals surface area contributed by atoms with E-state index in [2.05, 4.69) is 33.5 Å². The molecule has 3 nitrogen and oxygen atoms in total. The zero-order valence-corrected chi connectivity index (χ0v) is 14.2. The second-order valence-corrected chi connectivity index (χ2v) is 6.79. The lowest BCUT2D eigenvalue weighted by Crippen LogP contribution is -2.12. The summed E-state index contributed by atoms with van der Waals surface area (Å²) in [5.74, 6) is 1.86. The molecule has 3 aromatic rings. The third kappa shape index (κ3) is 2.87. The first-order valence-corrected chi connectivity index (χ1v) is 8.13. The van der Waals surface area contributed by atoms with Gasteiger partial charge in [0.25, 0.3) is 0 Å². The van der Waals surface area contributed by atoms with Crippen LogP contribution in [0.4, 0.5) is 0 Å². The maximum Gasteiger partial charge on any atom is 0.127 e. The lowest BCUT2D eigenvalue weighted by Gasteiger charge is -2.17. The van der Waals surface area contributed by atoms with E-state index in [1.807, 2.05) is 31.2 Å². The Labute approximate surface area is 137 Å². The van der Waals surface area contributed by atoms with Crippen LogP contribution in [0.15, 0.2) is 45.5 Å². The number of imidazole rings is 1. The maximum atomic E-state index is 6.33. The molecule has 2 unspecified atom stereocenters. The SMILES string of the molecule is CC(Cl)c1nc2cc(Br)ccc2n1C(C)Cc1ccco1. The van der Waals surface area contributed by atoms with Crippen LogP contribution in [0.1, 0.15) is 36.9 Å². The zero-order valence-electron chi connectivity index (χ0n) is 11.9. The third-order valence-electron chi connectivity index (χ3n) is 3.55. The second kappa shape index (κ2) is 5.85. The van der Waals surface area contributed by atoms with Gasteiger partial charge >= 0.3 is 0 Å². The predicted octanol–water partition coefficient (Wildman–Crippen LogP) is 5.50. The average Bonchev–Trinajstić information content (AvgIpc) is 3.04. The van der Waals surface area contributed by atoms with E-state index in [4.69, 9.17) is 21.0 Å². The molecular formula is C16H16BrClN2O. The van der Waals surface area contributed by atoms with Gasteiger partial charge in [-0.15, -0.1) is 11.6 Å². The molecule has 0 amide bonds. The first-order valence-electron chi connectivity index (χ1n) is 6.90. The predicted molar refractivity (Wildman–Crippen MR) is 88.8 cm³/mol. The summed E-state index contributed by atoms with van der Waals surface area (Å²) in [7, 11) is 0. The highest BCUT2D eigenvalue weighted by molar-refractivity contribution is 9.10. The first-order chi connectivity index (χ1) is 10.1. The lowest BCUT2D eigenvalue weighted by atomic mass is 10.1. The molecule has 0 aliphatic rings. The molecule has 0 N–H and O–H groups in total. The molecule has 5 heteroatoms. The minimum atomic E-state index is -0.143. The van der Waals surface area contributed by atoms with Crippen LogP contribution >= 0.6 is 27.5 Å². The average molecular weight is 368 g/mol. The fourth-order valence-electron chi connectivity index (χ4n) is 2.65. The van der Waals surface area contributed by atoms with Crippen LogP contribution in [-0.4, -0.2) is 9.55 Å². The zero-order chi connectivity index (χ0) is 15.0. The molecule has 0 aliphatic carbocycles. The van der Waals surface area contributed by atoms with Crippen molar-refractivity contribution in [3.05, 3.63) is 52.7 Å². The van der Waals surface area contributed by atoms with E-state index >= 15 is 0 Å². The maximum absolute atomic E-state index is 6.33. The highest BCUT2D eigenvalue weighted by Crippen LogP contribution is 2.30. The van der Waals surface area contributed by atoms with Gasteiger partial charge in [0.1, 0.15) is 11.6 Å². The Morgan fingerprint density at radius 2 is 2.14 bits per heavy atom. The summed E-state index contributed by atoms with van der Waals surface area (Å²) >= 11 is 9.82. The van der Waals surface area contributed by atoms with Crippen molar-refractivity contribution in [1.82, 2.24) is 9.55 Å². The number of rotatable bonds is 4. The second-order valence-electron chi connectivity index (χ2n) is 5.22. The van der Waals surface area contributed by atoms with Crippen LogP contribution in [0.25, 0.3) is 11.0 Å². The Hall–Kier alpha value is -1.26. The van der Waals surface area contributed by atoms with Gasteiger partial charge in [0.2, 0.25) is 0 Å². The van der Waals surface area contributed by atoms with Gasteiger partial charge in [0.05, 0.1) is 22.7 Å². The van der Waals surface area contributed by atoms with Crippen LogP contribution in [0.5, 0.6) is 0 Å². The number of halogens is 2. The third-order valence-corrected chi connectivity index (χ3v) is 4.24. The molecule has 110 valence electrons. The number of hydrogen-bond acceptors (Lipinski definition) is 2. The molecule has 3 rings (SSSR count). The molecular weight excluding hydrogens is 352 g/mol. The Morgan fingerprint density at radius 3 is 2.81 bits per heavy atom. The largest absolute Gasteiger partial charge is 0.469 e. The van der Waals surface area contributed by atoms with Crippen LogP contribution < -0.4 is 0 Å². The van der Waals surface area contributed by atoms with E-state index in [0.717, 1.165) is 33.5 Å². The standard InChI is InChI=1S/C16H16BrClN2O/c1-10(8-13-4-3-7-21-13)20-15-6-5-12(17)9-14(15)19-16(20)11(2)18/h3-7,9-11H,8H2,1-2H3. The van der Waals surface area contributed by atoms with Gasteiger partial charge in [-0.25, -0.2) is 4.98 Å². The van der Waals surface area contributed by atoms with E-state index in [9.17, 15) is 0 Å². The minimum absolute atomic E-state index is 0.143. The molecule has 0 bridgehead atoms. The van der Waals surface area contributed by atoms with Gasteiger partial charge < -0.3 is 8.98 Å². The Balaban J connectivity index is 2.08. The number of benzene rings is 1. The molecule has 0 radical (unpaired) electrons. The van der Waals surface area contributed by atoms with E-state index in [1.165, 1.54) is 0 Å². The highest BCUT2D eigenvalue weighted by atomic mass is 79.9. The Kier molecular flexibility index (Phi) is 4.09. The molecule has 0 saturated heterocycles. The summed E-state index contributed by atoms with van der Waals surface area (Å²) in [6.45, 7) is 4.11. The smallest absolute Gasteiger partial charge is 0.127 e. The normalized spacial score (nSPS) is 14.5. The van der Waals surface area contributed by atoms with Crippen molar-refractivity contribution in [2.24, 2.45) is 0 Å². The van der Waals surface area contributed by atoms with Gasteiger partial charge in [-0.2, -0.15) is 0 Å². The minimum Gasteiger partial charge on any atom is -0.469 e. The number of furan rings is 1. The van der Waals surface area contributed by atoms with Crippen LogP contribution in [0, 0.1) is 0 Å². The monoisotopic (exact) mass is 366 g/mol. The lowest BCUT2D eigenvalue weighted by molar-refractivity contribution is 0.447. The Morgan fingerprint density at radius 1 is 1.33 bits per heavy atom. The molecule has 1 aromatic carbocycles. The van der Waals surface area contributed by atoms with E-state index in [-0.39, 0.29) is 11.4 Å². The van der Waals surface area contributed by atoms with Crippen molar-refractivity contribution >= 4 is 38.6 Å². The van der Waals surface area contributed by atoms with Gasteiger partial charge in [0, 0.05) is 16.9 Å². The number of hydrogen-bond donors (Lipinski definition) is 0. The number of nitrogens with zero attached hydrogens (tertiary/aromatic N) is 2. The summed E-state index contributed by atoms with van der Waals surface area (Å²) < 4.78 is 8.69. The summed E-state index contributed by atoms with van der Waals surface area (Å²) in [4.78, 5) is 4.69. The Bertz CT molecular complexity index is 749. The quantitative estimate of drug-likeness (QED) is 0.570. The van der Waals surface area contributed by atoms with Crippen molar-refractivity contribution < 1.29 is 4.42 Å². The summed E-state index contributed by atoms with van der Waals surface area (Å²) in [5, 5.41) is -0.143. The van der Waals surface area contributed by atoms with Gasteiger partial charge in [0.15, 0.2) is 0 Å². The van der Waals surface area contributed by atoms with E-state index < -0.39 is 0 Å². The first kappa shape index (κ1) is 14.7. The van der Waals surface area contributed by atoms with Crippen molar-refractivity contribution in [2.75, 3.05) is 0 Å². The topological polar surface area (TPSA) is 31.0 Å². The molecule has 0 spiro atoms. The van der Waals surface area contributed by atoms with Crippen LogP contribution in [0.3, 0.4) is 0 Å². The van der Waals surface area contributed by atoms with Crippen LogP contribution in [0.2, 0.25) is 0 Å². The van der Waals surface area contributed by atoms with Gasteiger partial charge in [-0.1, -0.05) is 15.9 Å². The summed E-state index contributed by atoms with van der Waals surface area (Å²) in [5.41, 5.74) is 2.05. The van der Waals surface area contributed by atoms with Crippen molar-refractivity contribution in [3.63, 3.8) is 0 Å². The fraction of sp³-hybridized carbons (Fsp3) is 0.312. The summed E-state index contributed by atoms with van der Waals surface area (Å²) in [6.07, 6.45) is 2.52. The van der Waals surface area contributed by atoms with Crippen molar-refractivity contribution in [2.45, 2.75) is 31.7 Å². The molecule has 21 heavy (non-hydrogen) atoms. The summed E-state index contributed by atoms with van der Waals surface area (Å²) in [6, 6.07) is 10.3. The molecule has 2 heterocycles. The molecule has 0 saturated carbocycles. The number of fused-ring (bicyclic) bond motifs is 1. The molecule has 2 atom stereocenters. The fourth-order valence-corrected chi connectivity index (χ4v) is 3.15. The number of aromatic nitrogens is 2. The van der Waals surface area contributed by atoms with E-state index in [1.54, 1.807) is 6.26 Å². The number of alkyl halides is 1. The van der Waals surface area contributed by atoms with E-state index in [0.29, 0.717) is 0 Å². The molecule has 0 aliphatic heterocycles. The van der Waals surface area contributed by atoms with Crippen molar-refractivity contribution in [3.8, 4) is 0 Å². The van der Waals surface area contributed by atoms with Crippen LogP contribution in [-0.2, 0) is 6.42 Å². The molecule has 0 fully saturated rings.